The third-order valence-electron chi connectivity index (χ3n) is 2.76. The largest absolute Gasteiger partial charge is 0.497 e. The van der Waals surface area contributed by atoms with Gasteiger partial charge in [-0.25, -0.2) is 0 Å². The third kappa shape index (κ3) is 7.56. The maximum atomic E-state index is 11.8. The van der Waals surface area contributed by atoms with E-state index in [9.17, 15) is 14.7 Å². The van der Waals surface area contributed by atoms with Gasteiger partial charge in [-0.3, -0.25) is 9.59 Å². The predicted octanol–water partition coefficient (Wildman–Crippen LogP) is 1.43. The van der Waals surface area contributed by atoms with Crippen molar-refractivity contribution in [3.8, 4) is 5.75 Å². The van der Waals surface area contributed by atoms with Crippen LogP contribution in [0.5, 0.6) is 5.75 Å². The van der Waals surface area contributed by atoms with Crippen LogP contribution >= 0.6 is 21.6 Å². The number of aliphatic hydroxyl groups is 1. The molecule has 23 heavy (non-hydrogen) atoms. The second-order valence-electron chi connectivity index (χ2n) is 4.54. The summed E-state index contributed by atoms with van der Waals surface area (Å²) in [5, 5.41) is 18.4. The zero-order valence-electron chi connectivity index (χ0n) is 12.5. The van der Waals surface area contributed by atoms with Gasteiger partial charge in [0.2, 0.25) is 0 Å². The Morgan fingerprint density at radius 3 is 2.43 bits per heavy atom. The second-order valence-corrected chi connectivity index (χ2v) is 7.09. The van der Waals surface area contributed by atoms with Crippen molar-refractivity contribution in [2.75, 3.05) is 18.6 Å². The summed E-state index contributed by atoms with van der Waals surface area (Å²) in [6, 6.07) is 6.20. The van der Waals surface area contributed by atoms with Gasteiger partial charge in [0.15, 0.2) is 5.78 Å². The van der Waals surface area contributed by atoms with E-state index in [2.05, 4.69) is 0 Å². The molecule has 2 atom stereocenters. The van der Waals surface area contributed by atoms with Gasteiger partial charge in [0.25, 0.3) is 0 Å². The van der Waals surface area contributed by atoms with Gasteiger partial charge in [0, 0.05) is 11.5 Å². The molecule has 0 aliphatic carbocycles. The highest BCUT2D eigenvalue weighted by Gasteiger charge is 2.14. The van der Waals surface area contributed by atoms with E-state index in [0.717, 1.165) is 11.3 Å². The molecule has 0 heterocycles. The van der Waals surface area contributed by atoms with E-state index in [0.29, 0.717) is 0 Å². The normalized spacial score (nSPS) is 13.7. The van der Waals surface area contributed by atoms with Gasteiger partial charge in [-0.15, -0.1) is 0 Å². The van der Waals surface area contributed by atoms with E-state index < -0.39 is 23.9 Å². The van der Waals surface area contributed by atoms with E-state index in [1.807, 2.05) is 0 Å². The van der Waals surface area contributed by atoms with E-state index in [4.69, 9.17) is 15.6 Å². The first-order valence-corrected chi connectivity index (χ1v) is 9.19. The minimum atomic E-state index is -1.14. The Balaban J connectivity index is 2.35. The van der Waals surface area contributed by atoms with Crippen LogP contribution in [0.25, 0.3) is 6.08 Å². The number of aliphatic hydroxyl groups excluding tert-OH is 1. The molecule has 1 aromatic rings. The molecule has 0 saturated heterocycles. The smallest absolute Gasteiger partial charge is 0.321 e. The first-order chi connectivity index (χ1) is 10.9. The highest BCUT2D eigenvalue weighted by atomic mass is 33.1. The fraction of sp³-hybridized carbons (Fsp3) is 0.333. The van der Waals surface area contributed by atoms with Crippen molar-refractivity contribution in [2.24, 2.45) is 5.73 Å². The summed E-state index contributed by atoms with van der Waals surface area (Å²) in [5.41, 5.74) is 6.16. The zero-order chi connectivity index (χ0) is 17.2. The maximum Gasteiger partial charge on any atom is 0.321 e. The molecule has 8 heteroatoms. The number of methoxy groups -OCH3 is 1. The lowest BCUT2D eigenvalue weighted by Gasteiger charge is -2.08. The Hall–Kier alpha value is -1.48. The Labute approximate surface area is 142 Å². The molecule has 126 valence electrons. The van der Waals surface area contributed by atoms with E-state index >= 15 is 0 Å². The number of ketones is 1. The summed E-state index contributed by atoms with van der Waals surface area (Å²) in [4.78, 5) is 22.3. The molecular weight excluding hydrogens is 338 g/mol. The lowest BCUT2D eigenvalue weighted by atomic mass is 10.1. The lowest BCUT2D eigenvalue weighted by molar-refractivity contribution is -0.137. The molecule has 0 aromatic heterocycles. The minimum absolute atomic E-state index is 0.169. The van der Waals surface area contributed by atoms with Crippen molar-refractivity contribution in [1.29, 1.82) is 0 Å². The van der Waals surface area contributed by atoms with E-state index in [-0.39, 0.29) is 11.5 Å². The van der Waals surface area contributed by atoms with Crippen LogP contribution in [-0.4, -0.2) is 52.7 Å². The molecular formula is C15H19NO5S2. The third-order valence-corrected chi connectivity index (χ3v) is 5.19. The number of nitrogens with two attached hydrogens (primary N) is 1. The van der Waals surface area contributed by atoms with Crippen LogP contribution in [0.4, 0.5) is 0 Å². The number of carbonyl (C=O) groups excluding carboxylic acids is 1. The highest BCUT2D eigenvalue weighted by Crippen LogP contribution is 2.23. The molecule has 0 spiro atoms. The number of carboxylic acids is 1. The molecule has 0 fully saturated rings. The van der Waals surface area contributed by atoms with Crippen LogP contribution in [0.1, 0.15) is 5.56 Å². The number of hydrogen-bond acceptors (Lipinski definition) is 7. The highest BCUT2D eigenvalue weighted by molar-refractivity contribution is 8.76. The van der Waals surface area contributed by atoms with Crippen molar-refractivity contribution in [3.63, 3.8) is 0 Å². The van der Waals surface area contributed by atoms with Gasteiger partial charge in [-0.1, -0.05) is 39.8 Å². The average molecular weight is 357 g/mol. The van der Waals surface area contributed by atoms with Crippen LogP contribution in [-0.2, 0) is 9.59 Å². The second kappa shape index (κ2) is 10.3. The van der Waals surface area contributed by atoms with Gasteiger partial charge in [0.05, 0.1) is 7.11 Å². The van der Waals surface area contributed by atoms with Crippen LogP contribution < -0.4 is 10.5 Å². The summed E-state index contributed by atoms with van der Waals surface area (Å²) in [6.07, 6.45) is 1.80. The minimum Gasteiger partial charge on any atom is -0.497 e. The van der Waals surface area contributed by atoms with E-state index in [1.165, 1.54) is 27.7 Å². The van der Waals surface area contributed by atoms with Crippen molar-refractivity contribution >= 4 is 39.4 Å². The molecule has 4 N–H and O–H groups in total. The number of carbonyl (C=O) groups is 2. The van der Waals surface area contributed by atoms with Gasteiger partial charge in [-0.2, -0.15) is 0 Å². The Morgan fingerprint density at radius 1 is 1.26 bits per heavy atom. The van der Waals surface area contributed by atoms with Crippen LogP contribution in [0.2, 0.25) is 0 Å². The number of rotatable bonds is 10. The predicted molar refractivity (Wildman–Crippen MR) is 93.6 cm³/mol. The summed E-state index contributed by atoms with van der Waals surface area (Å²) >= 11 is 0. The van der Waals surface area contributed by atoms with Crippen molar-refractivity contribution in [3.05, 3.63) is 35.9 Å². The summed E-state index contributed by atoms with van der Waals surface area (Å²) < 4.78 is 5.04. The van der Waals surface area contributed by atoms with Crippen molar-refractivity contribution in [1.82, 2.24) is 0 Å². The summed E-state index contributed by atoms with van der Waals surface area (Å²) in [6.45, 7) is 0. The topological polar surface area (TPSA) is 110 Å². The van der Waals surface area contributed by atoms with Crippen molar-refractivity contribution in [2.45, 2.75) is 12.1 Å². The average Bonchev–Trinajstić information content (AvgIpc) is 2.56. The van der Waals surface area contributed by atoms with Gasteiger partial charge < -0.3 is 20.7 Å². The van der Waals surface area contributed by atoms with Gasteiger partial charge in [-0.05, 0) is 23.8 Å². The Bertz CT molecular complexity index is 547. The van der Waals surface area contributed by atoms with Crippen LogP contribution in [0, 0.1) is 0 Å². The Kier molecular flexibility index (Phi) is 8.78. The number of benzene rings is 1. The molecule has 2 unspecified atom stereocenters. The quantitative estimate of drug-likeness (QED) is 0.328. The van der Waals surface area contributed by atoms with Gasteiger partial charge in [0.1, 0.15) is 17.9 Å². The van der Waals surface area contributed by atoms with E-state index in [1.54, 1.807) is 37.5 Å². The van der Waals surface area contributed by atoms with Crippen LogP contribution in [0.3, 0.4) is 0 Å². The molecule has 1 rings (SSSR count). The number of ether oxygens (including phenoxy) is 1. The molecule has 0 bridgehead atoms. The first kappa shape index (κ1) is 19.6. The summed E-state index contributed by atoms with van der Waals surface area (Å²) in [5.74, 6) is -0.374. The molecule has 0 radical (unpaired) electrons. The molecule has 0 saturated carbocycles. The van der Waals surface area contributed by atoms with Gasteiger partial charge >= 0.3 is 5.97 Å². The first-order valence-electron chi connectivity index (χ1n) is 6.71. The molecule has 0 amide bonds. The number of carboxylic acid groups (broad SMARTS) is 1. The van der Waals surface area contributed by atoms with Crippen LogP contribution in [0.15, 0.2) is 30.3 Å². The summed E-state index contributed by atoms with van der Waals surface area (Å²) in [7, 11) is 4.00. The van der Waals surface area contributed by atoms with Crippen molar-refractivity contribution < 1.29 is 24.5 Å². The maximum absolute atomic E-state index is 11.8. The fourth-order valence-corrected chi connectivity index (χ4v) is 3.57. The zero-order valence-corrected chi connectivity index (χ0v) is 14.2. The number of hydrogen-bond donors (Lipinski definition) is 3. The molecule has 1 aromatic carbocycles. The number of aliphatic carboxylic acids is 1. The molecule has 0 aliphatic heterocycles. The molecule has 0 aliphatic rings. The molecule has 6 nitrogen and oxygen atoms in total. The SMILES string of the molecule is COc1ccc(/C=C/C(=O)C(O)CSSCC(N)C(=O)O)cc1. The standard InChI is InChI=1S/C15H19NO5S2/c1-21-11-5-2-10(3-6-11)4-7-13(17)14(18)9-23-22-8-12(16)15(19)20/h2-7,12,14,18H,8-9,16H2,1H3,(H,19,20)/b7-4+. The monoisotopic (exact) mass is 357 g/mol. The fourth-order valence-electron chi connectivity index (χ4n) is 1.39. The Morgan fingerprint density at radius 2 is 1.87 bits per heavy atom. The lowest BCUT2D eigenvalue weighted by Crippen LogP contribution is -2.32.